The van der Waals surface area contributed by atoms with Gasteiger partial charge in [-0.2, -0.15) is 13.2 Å². The Morgan fingerprint density at radius 2 is 1.81 bits per heavy atom. The number of alkyl halides is 3. The van der Waals surface area contributed by atoms with Crippen molar-refractivity contribution in [3.05, 3.63) is 52.2 Å². The molecular weight excluding hydrogens is 384 g/mol. The minimum atomic E-state index is -5.08. The van der Waals surface area contributed by atoms with Gasteiger partial charge in [0.15, 0.2) is 0 Å². The first-order chi connectivity index (χ1) is 12.7. The number of aromatic nitrogens is 1. The van der Waals surface area contributed by atoms with Gasteiger partial charge in [0.05, 0.1) is 6.54 Å². The van der Waals surface area contributed by atoms with Crippen molar-refractivity contribution in [1.82, 2.24) is 9.88 Å². The van der Waals surface area contributed by atoms with Crippen LogP contribution in [0.2, 0.25) is 0 Å². The molecule has 1 fully saturated rings. The molecule has 0 atom stereocenters. The molecule has 1 aliphatic heterocycles. The molecule has 2 aromatic rings. The average molecular weight is 404 g/mol. The Kier molecular flexibility index (Phi) is 7.73. The summed E-state index contributed by atoms with van der Waals surface area (Å²) in [5.41, 5.74) is 1.25. The van der Waals surface area contributed by atoms with E-state index in [1.807, 2.05) is 23.7 Å². The first-order valence-corrected chi connectivity index (χ1v) is 9.27. The van der Waals surface area contributed by atoms with Crippen LogP contribution in [0.15, 0.2) is 35.8 Å². The highest BCUT2D eigenvalue weighted by atomic mass is 32.1. The van der Waals surface area contributed by atoms with Crippen LogP contribution in [-0.2, 0) is 17.8 Å². The molecule has 0 amide bonds. The van der Waals surface area contributed by atoms with Crippen molar-refractivity contribution >= 4 is 17.3 Å². The molecule has 0 aliphatic carbocycles. The Balaban J connectivity index is 0.000000321. The second kappa shape index (κ2) is 9.80. The van der Waals surface area contributed by atoms with Gasteiger partial charge in [-0.3, -0.25) is 4.90 Å². The lowest BCUT2D eigenvalue weighted by Gasteiger charge is -2.31. The molecule has 3 rings (SSSR count). The van der Waals surface area contributed by atoms with Crippen molar-refractivity contribution in [2.24, 2.45) is 5.92 Å². The summed E-state index contributed by atoms with van der Waals surface area (Å²) >= 11 is 1.73. The van der Waals surface area contributed by atoms with Crippen LogP contribution >= 0.6 is 11.3 Å². The summed E-state index contributed by atoms with van der Waals surface area (Å²) in [7, 11) is 0. The van der Waals surface area contributed by atoms with E-state index in [0.717, 1.165) is 32.0 Å². The fourth-order valence-electron chi connectivity index (χ4n) is 2.82. The summed E-state index contributed by atoms with van der Waals surface area (Å²) in [6, 6.07) is 6.95. The van der Waals surface area contributed by atoms with E-state index in [-0.39, 0.29) is 5.82 Å². The van der Waals surface area contributed by atoms with Crippen LogP contribution in [0.25, 0.3) is 0 Å². The largest absolute Gasteiger partial charge is 0.490 e. The highest BCUT2D eigenvalue weighted by molar-refractivity contribution is 7.09. The van der Waals surface area contributed by atoms with Gasteiger partial charge in [0.1, 0.15) is 10.8 Å². The zero-order valence-electron chi connectivity index (χ0n) is 14.5. The highest BCUT2D eigenvalue weighted by Gasteiger charge is 2.38. The summed E-state index contributed by atoms with van der Waals surface area (Å²) < 4.78 is 44.6. The standard InChI is InChI=1S/C16H19FN2S.C2HF3O2/c17-15-3-1-13(2-4-15)11-14-5-8-19(9-6-14)12-16-18-7-10-20-16;3-2(4,5)1(6)7/h1-4,7,10,14H,5-6,8-9,11-12H2;(H,6,7). The van der Waals surface area contributed by atoms with Gasteiger partial charge in [-0.15, -0.1) is 11.3 Å². The lowest BCUT2D eigenvalue weighted by atomic mass is 9.90. The minimum absolute atomic E-state index is 0.146. The first kappa shape index (κ1) is 21.3. The number of likely N-dealkylation sites (tertiary alicyclic amines) is 1. The quantitative estimate of drug-likeness (QED) is 0.769. The molecule has 1 saturated heterocycles. The third-order valence-electron chi connectivity index (χ3n) is 4.23. The molecule has 1 aliphatic rings. The average Bonchev–Trinajstić information content (AvgIpc) is 3.11. The van der Waals surface area contributed by atoms with Crippen molar-refractivity contribution in [1.29, 1.82) is 0 Å². The summed E-state index contributed by atoms with van der Waals surface area (Å²) in [5, 5.41) is 10.4. The number of benzene rings is 1. The zero-order chi connectivity index (χ0) is 19.9. The van der Waals surface area contributed by atoms with Gasteiger partial charge >= 0.3 is 12.1 Å². The maximum Gasteiger partial charge on any atom is 0.490 e. The fraction of sp³-hybridized carbons (Fsp3) is 0.444. The molecule has 9 heteroatoms. The maximum atomic E-state index is 12.9. The molecule has 0 saturated carbocycles. The molecule has 0 radical (unpaired) electrons. The molecule has 4 nitrogen and oxygen atoms in total. The Morgan fingerprint density at radius 1 is 1.22 bits per heavy atom. The van der Waals surface area contributed by atoms with Crippen LogP contribution in [0.4, 0.5) is 17.6 Å². The number of piperidine rings is 1. The van der Waals surface area contributed by atoms with Gasteiger partial charge < -0.3 is 5.11 Å². The number of halogens is 4. The zero-order valence-corrected chi connectivity index (χ0v) is 15.3. The highest BCUT2D eigenvalue weighted by Crippen LogP contribution is 2.23. The van der Waals surface area contributed by atoms with Crippen molar-refractivity contribution in [3.63, 3.8) is 0 Å². The lowest BCUT2D eigenvalue weighted by Crippen LogP contribution is -2.33. The molecule has 27 heavy (non-hydrogen) atoms. The van der Waals surface area contributed by atoms with E-state index in [1.54, 1.807) is 23.5 Å². The maximum absolute atomic E-state index is 12.9. The van der Waals surface area contributed by atoms with Crippen LogP contribution in [0.3, 0.4) is 0 Å². The van der Waals surface area contributed by atoms with Crippen molar-refractivity contribution in [3.8, 4) is 0 Å². The third kappa shape index (κ3) is 7.64. The minimum Gasteiger partial charge on any atom is -0.475 e. The number of aliphatic carboxylic acids is 1. The number of carboxylic acid groups (broad SMARTS) is 1. The van der Waals surface area contributed by atoms with E-state index in [4.69, 9.17) is 9.90 Å². The second-order valence-electron chi connectivity index (χ2n) is 6.28. The van der Waals surface area contributed by atoms with Gasteiger partial charge in [-0.25, -0.2) is 14.2 Å². The van der Waals surface area contributed by atoms with E-state index in [2.05, 4.69) is 9.88 Å². The van der Waals surface area contributed by atoms with Gasteiger partial charge in [-0.05, 0) is 56.0 Å². The number of thiazole rings is 1. The summed E-state index contributed by atoms with van der Waals surface area (Å²) in [6.45, 7) is 3.28. The number of carbonyl (C=O) groups is 1. The second-order valence-corrected chi connectivity index (χ2v) is 7.26. The van der Waals surface area contributed by atoms with Gasteiger partial charge in [0.25, 0.3) is 0 Å². The molecular formula is C18H20F4N2O2S. The van der Waals surface area contributed by atoms with Crippen LogP contribution in [0, 0.1) is 11.7 Å². The van der Waals surface area contributed by atoms with Crippen LogP contribution < -0.4 is 0 Å². The van der Waals surface area contributed by atoms with Gasteiger partial charge in [0.2, 0.25) is 0 Å². The summed E-state index contributed by atoms with van der Waals surface area (Å²) in [4.78, 5) is 15.7. The molecule has 0 unspecified atom stereocenters. The van der Waals surface area contributed by atoms with E-state index < -0.39 is 12.1 Å². The van der Waals surface area contributed by atoms with Crippen molar-refractivity contribution < 1.29 is 27.5 Å². The SMILES string of the molecule is Fc1ccc(CC2CCN(Cc3nccs3)CC2)cc1.O=C(O)C(F)(F)F. The van der Waals surface area contributed by atoms with E-state index in [0.29, 0.717) is 0 Å². The predicted octanol–water partition coefficient (Wildman–Crippen LogP) is 4.37. The Bertz CT molecular complexity index is 697. The van der Waals surface area contributed by atoms with Crippen molar-refractivity contribution in [2.75, 3.05) is 13.1 Å². The monoisotopic (exact) mass is 404 g/mol. The summed E-state index contributed by atoms with van der Waals surface area (Å²) in [6.07, 6.45) is 0.318. The number of carboxylic acids is 1. The third-order valence-corrected chi connectivity index (χ3v) is 4.99. The number of hydrogen-bond donors (Lipinski definition) is 1. The number of hydrogen-bond acceptors (Lipinski definition) is 4. The normalized spacial score (nSPS) is 15.9. The van der Waals surface area contributed by atoms with E-state index >= 15 is 0 Å². The van der Waals surface area contributed by atoms with Crippen LogP contribution in [-0.4, -0.2) is 40.2 Å². The molecule has 1 aromatic carbocycles. The molecule has 1 aromatic heterocycles. The van der Waals surface area contributed by atoms with E-state index in [9.17, 15) is 17.6 Å². The molecule has 2 heterocycles. The fourth-order valence-corrected chi connectivity index (χ4v) is 3.48. The molecule has 1 N–H and O–H groups in total. The van der Waals surface area contributed by atoms with Crippen molar-refractivity contribution in [2.45, 2.75) is 32.0 Å². The number of rotatable bonds is 4. The Morgan fingerprint density at radius 3 is 2.30 bits per heavy atom. The number of nitrogens with zero attached hydrogens (tertiary/aromatic N) is 2. The predicted molar refractivity (Wildman–Crippen MR) is 93.9 cm³/mol. The van der Waals surface area contributed by atoms with Gasteiger partial charge in [-0.1, -0.05) is 12.1 Å². The smallest absolute Gasteiger partial charge is 0.475 e. The van der Waals surface area contributed by atoms with Crippen LogP contribution in [0.1, 0.15) is 23.4 Å². The topological polar surface area (TPSA) is 53.4 Å². The molecule has 0 spiro atoms. The summed E-state index contributed by atoms with van der Waals surface area (Å²) in [5.74, 6) is -2.17. The Hall–Kier alpha value is -2.00. The van der Waals surface area contributed by atoms with E-state index in [1.165, 1.54) is 23.4 Å². The molecule has 148 valence electrons. The van der Waals surface area contributed by atoms with Gasteiger partial charge in [0, 0.05) is 11.6 Å². The van der Waals surface area contributed by atoms with Crippen LogP contribution in [0.5, 0.6) is 0 Å². The Labute approximate surface area is 158 Å². The first-order valence-electron chi connectivity index (χ1n) is 8.39. The lowest BCUT2D eigenvalue weighted by molar-refractivity contribution is -0.192. The molecule has 0 bridgehead atoms.